The van der Waals surface area contributed by atoms with Gasteiger partial charge in [0.15, 0.2) is 0 Å². The number of carbonyl (C=O) groups excluding carboxylic acids is 1. The van der Waals surface area contributed by atoms with E-state index in [1.807, 2.05) is 0 Å². The second kappa shape index (κ2) is 4.63. The van der Waals surface area contributed by atoms with Crippen LogP contribution in [0.1, 0.15) is 23.3 Å². The largest absolute Gasteiger partial charge is 0.462 e. The van der Waals surface area contributed by atoms with Gasteiger partial charge in [-0.2, -0.15) is 5.10 Å². The first-order valence-corrected chi connectivity index (χ1v) is 5.27. The van der Waals surface area contributed by atoms with E-state index in [-0.39, 0.29) is 18.1 Å². The topological polar surface area (TPSA) is 79.4 Å². The SMILES string of the molecule is CCOC(=O)c1cnn([C@@H]2COC[C@@H]2N)c1. The van der Waals surface area contributed by atoms with Crippen LogP contribution < -0.4 is 5.73 Å². The highest BCUT2D eigenvalue weighted by Crippen LogP contribution is 2.17. The third-order valence-corrected chi connectivity index (χ3v) is 2.55. The van der Waals surface area contributed by atoms with Gasteiger partial charge in [0.1, 0.15) is 0 Å². The second-order valence-electron chi connectivity index (χ2n) is 3.70. The molecule has 1 saturated heterocycles. The van der Waals surface area contributed by atoms with Crippen molar-refractivity contribution in [1.29, 1.82) is 0 Å². The van der Waals surface area contributed by atoms with E-state index in [9.17, 15) is 4.79 Å². The highest BCUT2D eigenvalue weighted by Gasteiger charge is 2.27. The zero-order valence-electron chi connectivity index (χ0n) is 9.13. The summed E-state index contributed by atoms with van der Waals surface area (Å²) >= 11 is 0. The first kappa shape index (κ1) is 11.1. The Morgan fingerprint density at radius 2 is 2.56 bits per heavy atom. The normalized spacial score (nSPS) is 24.6. The summed E-state index contributed by atoms with van der Waals surface area (Å²) < 4.78 is 11.8. The van der Waals surface area contributed by atoms with E-state index in [2.05, 4.69) is 5.10 Å². The predicted molar refractivity (Wildman–Crippen MR) is 56.0 cm³/mol. The molecule has 0 spiro atoms. The molecule has 0 aromatic carbocycles. The summed E-state index contributed by atoms with van der Waals surface area (Å²) in [6.45, 7) is 3.18. The molecule has 0 bridgehead atoms. The molecule has 0 amide bonds. The minimum absolute atomic E-state index is 0.00294. The van der Waals surface area contributed by atoms with Crippen LogP contribution in [0.5, 0.6) is 0 Å². The molecular formula is C10H15N3O3. The van der Waals surface area contributed by atoms with Crippen molar-refractivity contribution in [2.45, 2.75) is 19.0 Å². The number of hydrogen-bond acceptors (Lipinski definition) is 5. The Morgan fingerprint density at radius 3 is 3.19 bits per heavy atom. The van der Waals surface area contributed by atoms with Crippen LogP contribution in [0.15, 0.2) is 12.4 Å². The molecule has 88 valence electrons. The van der Waals surface area contributed by atoms with Gasteiger partial charge in [-0.1, -0.05) is 0 Å². The monoisotopic (exact) mass is 225 g/mol. The third-order valence-electron chi connectivity index (χ3n) is 2.55. The summed E-state index contributed by atoms with van der Waals surface area (Å²) in [6.07, 6.45) is 3.14. The number of rotatable bonds is 3. The van der Waals surface area contributed by atoms with E-state index >= 15 is 0 Å². The van der Waals surface area contributed by atoms with Crippen molar-refractivity contribution in [3.8, 4) is 0 Å². The third kappa shape index (κ3) is 2.07. The fraction of sp³-hybridized carbons (Fsp3) is 0.600. The predicted octanol–water partition coefficient (Wildman–Crippen LogP) is -0.0416. The van der Waals surface area contributed by atoms with Crippen molar-refractivity contribution in [3.63, 3.8) is 0 Å². The Kier molecular flexibility index (Phi) is 3.21. The average molecular weight is 225 g/mol. The number of carbonyl (C=O) groups is 1. The summed E-state index contributed by atoms with van der Waals surface area (Å²) in [7, 11) is 0. The van der Waals surface area contributed by atoms with Gasteiger partial charge in [-0.15, -0.1) is 0 Å². The molecule has 6 nitrogen and oxygen atoms in total. The van der Waals surface area contributed by atoms with Gasteiger partial charge in [0.05, 0.1) is 43.7 Å². The molecule has 2 heterocycles. The number of nitrogens with zero attached hydrogens (tertiary/aromatic N) is 2. The quantitative estimate of drug-likeness (QED) is 0.730. The Hall–Kier alpha value is -1.40. The fourth-order valence-electron chi connectivity index (χ4n) is 1.67. The first-order valence-electron chi connectivity index (χ1n) is 5.27. The number of nitrogens with two attached hydrogens (primary N) is 1. The Labute approximate surface area is 93.3 Å². The number of ether oxygens (including phenoxy) is 2. The van der Waals surface area contributed by atoms with Crippen LogP contribution in [0.4, 0.5) is 0 Å². The molecule has 2 N–H and O–H groups in total. The van der Waals surface area contributed by atoms with Crippen molar-refractivity contribution in [3.05, 3.63) is 18.0 Å². The molecule has 0 radical (unpaired) electrons. The van der Waals surface area contributed by atoms with Crippen LogP contribution in [0.25, 0.3) is 0 Å². The van der Waals surface area contributed by atoms with Gasteiger partial charge in [-0.05, 0) is 6.92 Å². The van der Waals surface area contributed by atoms with Crippen LogP contribution in [0.3, 0.4) is 0 Å². The molecule has 0 saturated carbocycles. The number of hydrogen-bond donors (Lipinski definition) is 1. The van der Waals surface area contributed by atoms with Gasteiger partial charge in [0.2, 0.25) is 0 Å². The Bertz CT molecular complexity index is 377. The van der Waals surface area contributed by atoms with E-state index in [1.165, 1.54) is 6.20 Å². The highest BCUT2D eigenvalue weighted by molar-refractivity contribution is 5.88. The van der Waals surface area contributed by atoms with Gasteiger partial charge < -0.3 is 15.2 Å². The molecule has 0 unspecified atom stereocenters. The Morgan fingerprint density at radius 1 is 1.75 bits per heavy atom. The Balaban J connectivity index is 2.10. The summed E-state index contributed by atoms with van der Waals surface area (Å²) in [4.78, 5) is 11.4. The lowest BCUT2D eigenvalue weighted by atomic mass is 10.2. The maximum atomic E-state index is 11.4. The minimum Gasteiger partial charge on any atom is -0.462 e. The van der Waals surface area contributed by atoms with Crippen molar-refractivity contribution in [1.82, 2.24) is 9.78 Å². The molecule has 2 atom stereocenters. The van der Waals surface area contributed by atoms with Crippen LogP contribution in [0, 0.1) is 0 Å². The van der Waals surface area contributed by atoms with E-state index in [0.29, 0.717) is 25.4 Å². The maximum absolute atomic E-state index is 11.4. The van der Waals surface area contributed by atoms with E-state index in [1.54, 1.807) is 17.8 Å². The molecule has 1 aliphatic heterocycles. The van der Waals surface area contributed by atoms with Gasteiger partial charge in [0.25, 0.3) is 0 Å². The van der Waals surface area contributed by atoms with Crippen LogP contribution in [-0.4, -0.2) is 41.6 Å². The average Bonchev–Trinajstić information content (AvgIpc) is 2.86. The zero-order valence-corrected chi connectivity index (χ0v) is 9.13. The van der Waals surface area contributed by atoms with Gasteiger partial charge in [0, 0.05) is 6.20 Å². The molecule has 1 aliphatic rings. The van der Waals surface area contributed by atoms with E-state index < -0.39 is 0 Å². The zero-order chi connectivity index (χ0) is 11.5. The summed E-state index contributed by atoms with van der Waals surface area (Å²) in [5, 5.41) is 4.11. The lowest BCUT2D eigenvalue weighted by Crippen LogP contribution is -2.31. The van der Waals surface area contributed by atoms with Crippen molar-refractivity contribution in [2.75, 3.05) is 19.8 Å². The summed E-state index contributed by atoms with van der Waals surface area (Å²) in [5.41, 5.74) is 6.30. The lowest BCUT2D eigenvalue weighted by Gasteiger charge is -2.12. The van der Waals surface area contributed by atoms with Crippen molar-refractivity contribution >= 4 is 5.97 Å². The molecule has 1 aromatic rings. The molecule has 16 heavy (non-hydrogen) atoms. The standard InChI is InChI=1S/C10H15N3O3/c1-2-16-10(14)7-3-12-13(4-7)9-6-15-5-8(9)11/h3-4,8-9H,2,5-6,11H2,1H3/t8-,9+/m0/s1. The maximum Gasteiger partial charge on any atom is 0.341 e. The second-order valence-corrected chi connectivity index (χ2v) is 3.70. The van der Waals surface area contributed by atoms with Crippen molar-refractivity contribution in [2.24, 2.45) is 5.73 Å². The van der Waals surface area contributed by atoms with Crippen molar-refractivity contribution < 1.29 is 14.3 Å². The smallest absolute Gasteiger partial charge is 0.341 e. The molecule has 6 heteroatoms. The van der Waals surface area contributed by atoms with Gasteiger partial charge in [-0.25, -0.2) is 4.79 Å². The first-order chi connectivity index (χ1) is 7.72. The van der Waals surface area contributed by atoms with E-state index in [0.717, 1.165) is 0 Å². The molecule has 0 aliphatic carbocycles. The molecule has 1 fully saturated rings. The van der Waals surface area contributed by atoms with Gasteiger partial charge in [-0.3, -0.25) is 4.68 Å². The molecular weight excluding hydrogens is 210 g/mol. The molecule has 1 aromatic heterocycles. The van der Waals surface area contributed by atoms with Crippen LogP contribution >= 0.6 is 0 Å². The summed E-state index contributed by atoms with van der Waals surface area (Å²) in [5.74, 6) is -0.360. The number of aromatic nitrogens is 2. The van der Waals surface area contributed by atoms with Gasteiger partial charge >= 0.3 is 5.97 Å². The minimum atomic E-state index is -0.360. The lowest BCUT2D eigenvalue weighted by molar-refractivity contribution is 0.0526. The number of esters is 1. The van der Waals surface area contributed by atoms with Crippen LogP contribution in [0.2, 0.25) is 0 Å². The van der Waals surface area contributed by atoms with E-state index in [4.69, 9.17) is 15.2 Å². The summed E-state index contributed by atoms with van der Waals surface area (Å²) in [6, 6.07) is -0.0712. The fourth-order valence-corrected chi connectivity index (χ4v) is 1.67. The highest BCUT2D eigenvalue weighted by atomic mass is 16.5. The molecule has 2 rings (SSSR count). The van der Waals surface area contributed by atoms with Crippen LogP contribution in [-0.2, 0) is 9.47 Å².